The molecule has 214 valence electrons. The summed E-state index contributed by atoms with van der Waals surface area (Å²) in [5.41, 5.74) is 11.2. The fraction of sp³-hybridized carbons (Fsp3) is 0. The number of hydrogen-bond acceptors (Lipinski definition) is 1. The van der Waals surface area contributed by atoms with Crippen molar-refractivity contribution >= 4 is 55.1 Å². The Hall–Kier alpha value is -5.57. The zero-order chi connectivity index (χ0) is 30.2. The predicted molar refractivity (Wildman–Crippen MR) is 196 cm³/mol. The van der Waals surface area contributed by atoms with E-state index in [0.717, 1.165) is 0 Å². The molecule has 10 rings (SSSR count). The van der Waals surface area contributed by atoms with E-state index in [2.05, 4.69) is 168 Å². The summed E-state index contributed by atoms with van der Waals surface area (Å²) in [6, 6.07) is 60.2. The van der Waals surface area contributed by atoms with Gasteiger partial charge in [-0.2, -0.15) is 0 Å². The van der Waals surface area contributed by atoms with Crippen molar-refractivity contribution in [1.29, 1.82) is 0 Å². The maximum absolute atomic E-state index is 2.42. The fourth-order valence-electron chi connectivity index (χ4n) is 7.43. The van der Waals surface area contributed by atoms with Gasteiger partial charge in [0.2, 0.25) is 0 Å². The van der Waals surface area contributed by atoms with Gasteiger partial charge in [0.15, 0.2) is 0 Å². The van der Waals surface area contributed by atoms with Gasteiger partial charge in [0.05, 0.1) is 11.0 Å². The molecule has 0 radical (unpaired) electrons. The highest BCUT2D eigenvalue weighted by Crippen LogP contribution is 2.49. The Labute approximate surface area is 271 Å². The molecule has 0 spiro atoms. The number of rotatable bonds is 3. The second-order valence-corrected chi connectivity index (χ2v) is 13.2. The highest BCUT2D eigenvalue weighted by Gasteiger charge is 2.20. The average Bonchev–Trinajstić information content (AvgIpc) is 3.44. The van der Waals surface area contributed by atoms with Crippen molar-refractivity contribution in [2.24, 2.45) is 0 Å². The van der Waals surface area contributed by atoms with Crippen molar-refractivity contribution in [1.82, 2.24) is 4.57 Å². The first-order valence-electron chi connectivity index (χ1n) is 15.8. The normalized spacial score (nSPS) is 12.3. The summed E-state index contributed by atoms with van der Waals surface area (Å²) in [6.45, 7) is 0. The molecule has 0 N–H and O–H groups in total. The van der Waals surface area contributed by atoms with Crippen molar-refractivity contribution in [3.63, 3.8) is 0 Å². The lowest BCUT2D eigenvalue weighted by atomic mass is 9.92. The summed E-state index contributed by atoms with van der Waals surface area (Å²) >= 11 is 1.88. The van der Waals surface area contributed by atoms with Crippen LogP contribution in [0.2, 0.25) is 0 Å². The highest BCUT2D eigenvalue weighted by molar-refractivity contribution is 7.99. The van der Waals surface area contributed by atoms with E-state index in [1.54, 1.807) is 0 Å². The molecule has 1 aromatic heterocycles. The largest absolute Gasteiger partial charge is 0.309 e. The lowest BCUT2D eigenvalue weighted by Crippen LogP contribution is -1.94. The van der Waals surface area contributed by atoms with Crippen LogP contribution in [0.3, 0.4) is 0 Å². The Morgan fingerprint density at radius 3 is 2.00 bits per heavy atom. The third-order valence-electron chi connectivity index (χ3n) is 9.57. The Bertz CT molecular complexity index is 2660. The first kappa shape index (κ1) is 25.7. The zero-order valence-corrected chi connectivity index (χ0v) is 25.8. The van der Waals surface area contributed by atoms with Crippen LogP contribution in [0.4, 0.5) is 0 Å². The molecule has 0 saturated heterocycles. The van der Waals surface area contributed by atoms with Gasteiger partial charge in [-0.25, -0.2) is 0 Å². The second-order valence-electron chi connectivity index (χ2n) is 12.1. The number of hydrogen-bond donors (Lipinski definition) is 0. The first-order valence-corrected chi connectivity index (χ1v) is 16.6. The van der Waals surface area contributed by atoms with E-state index in [-0.39, 0.29) is 0 Å². The molecule has 2 heterocycles. The molecule has 1 aliphatic rings. The molecule has 0 aliphatic carbocycles. The van der Waals surface area contributed by atoms with Gasteiger partial charge >= 0.3 is 0 Å². The number of aromatic nitrogens is 1. The summed E-state index contributed by atoms with van der Waals surface area (Å²) < 4.78 is 2.42. The van der Waals surface area contributed by atoms with Crippen molar-refractivity contribution < 1.29 is 0 Å². The minimum absolute atomic E-state index is 1.17. The van der Waals surface area contributed by atoms with Crippen LogP contribution in [0.25, 0.3) is 82.4 Å². The maximum atomic E-state index is 2.42. The van der Waals surface area contributed by atoms with E-state index in [4.69, 9.17) is 0 Å². The van der Waals surface area contributed by atoms with E-state index in [0.29, 0.717) is 0 Å². The number of benzene rings is 8. The Kier molecular flexibility index (Phi) is 5.58. The lowest BCUT2D eigenvalue weighted by Gasteiger charge is -2.21. The van der Waals surface area contributed by atoms with Gasteiger partial charge in [0, 0.05) is 31.6 Å². The molecule has 0 saturated carbocycles. The quantitative estimate of drug-likeness (QED) is 0.195. The molecular weight excluding hydrogens is 575 g/mol. The van der Waals surface area contributed by atoms with Gasteiger partial charge in [0.1, 0.15) is 0 Å². The minimum atomic E-state index is 1.17. The van der Waals surface area contributed by atoms with Crippen LogP contribution in [-0.2, 0) is 0 Å². The highest BCUT2D eigenvalue weighted by atomic mass is 32.2. The average molecular weight is 602 g/mol. The van der Waals surface area contributed by atoms with Crippen LogP contribution in [-0.4, -0.2) is 4.57 Å². The molecule has 2 heteroatoms. The predicted octanol–water partition coefficient (Wildman–Crippen LogP) is 12.6. The van der Waals surface area contributed by atoms with E-state index in [1.807, 2.05) is 11.8 Å². The SMILES string of the molecule is c1cc(-c2ccc(-c3ccc4c5c(cccc35)-c3ccccc3S4)cc2)cc(-n2c3ccccc3c3cc4ccccc4cc32)c1. The van der Waals surface area contributed by atoms with E-state index in [9.17, 15) is 0 Å². The summed E-state index contributed by atoms with van der Waals surface area (Å²) in [6.07, 6.45) is 0. The van der Waals surface area contributed by atoms with Crippen molar-refractivity contribution in [3.8, 4) is 39.1 Å². The summed E-state index contributed by atoms with van der Waals surface area (Å²) in [4.78, 5) is 2.66. The fourth-order valence-corrected chi connectivity index (χ4v) is 8.56. The van der Waals surface area contributed by atoms with Gasteiger partial charge in [-0.1, -0.05) is 133 Å². The van der Waals surface area contributed by atoms with Crippen molar-refractivity contribution in [3.05, 3.63) is 164 Å². The molecule has 0 atom stereocenters. The molecular formula is C44H27NS. The molecule has 1 aliphatic heterocycles. The molecule has 0 bridgehead atoms. The van der Waals surface area contributed by atoms with Gasteiger partial charge < -0.3 is 4.57 Å². The monoisotopic (exact) mass is 601 g/mol. The van der Waals surface area contributed by atoms with Crippen LogP contribution in [0, 0.1) is 0 Å². The van der Waals surface area contributed by atoms with Crippen molar-refractivity contribution in [2.75, 3.05) is 0 Å². The van der Waals surface area contributed by atoms with Gasteiger partial charge in [-0.3, -0.25) is 0 Å². The molecule has 0 amide bonds. The summed E-state index contributed by atoms with van der Waals surface area (Å²) in [7, 11) is 0. The number of fused-ring (bicyclic) bond motifs is 6. The first-order chi connectivity index (χ1) is 22.8. The molecule has 8 aromatic carbocycles. The molecule has 0 unspecified atom stereocenters. The summed E-state index contributed by atoms with van der Waals surface area (Å²) in [5.74, 6) is 0. The second kappa shape index (κ2) is 9.97. The standard InChI is InChI=1S/C44H27NS/c1-2-10-32-27-41-39(26-31(32)9-1)35-13-3-5-17-40(35)45(41)33-12-7-11-30(25-33)28-19-21-29(22-20-28)34-23-24-43-44-37(34)15-8-16-38(44)36-14-4-6-18-42(36)46-43/h1-27H. The Morgan fingerprint density at radius 2 is 1.09 bits per heavy atom. The van der Waals surface area contributed by atoms with Gasteiger partial charge in [-0.05, 0) is 92.0 Å². The van der Waals surface area contributed by atoms with Crippen LogP contribution >= 0.6 is 11.8 Å². The van der Waals surface area contributed by atoms with Gasteiger partial charge in [-0.15, -0.1) is 0 Å². The number of nitrogens with zero attached hydrogens (tertiary/aromatic N) is 1. The molecule has 1 nitrogen and oxygen atoms in total. The van der Waals surface area contributed by atoms with Crippen LogP contribution in [0.5, 0.6) is 0 Å². The Balaban J connectivity index is 1.07. The van der Waals surface area contributed by atoms with Crippen LogP contribution in [0.1, 0.15) is 0 Å². The molecule has 46 heavy (non-hydrogen) atoms. The molecule has 9 aromatic rings. The van der Waals surface area contributed by atoms with Gasteiger partial charge in [0.25, 0.3) is 0 Å². The number of para-hydroxylation sites is 1. The third kappa shape index (κ3) is 3.84. The molecule has 0 fully saturated rings. The lowest BCUT2D eigenvalue weighted by molar-refractivity contribution is 1.18. The zero-order valence-electron chi connectivity index (χ0n) is 24.9. The van der Waals surface area contributed by atoms with Crippen LogP contribution < -0.4 is 0 Å². The van der Waals surface area contributed by atoms with Crippen molar-refractivity contribution in [2.45, 2.75) is 9.79 Å². The smallest absolute Gasteiger partial charge is 0.0547 e. The van der Waals surface area contributed by atoms with Crippen LogP contribution in [0.15, 0.2) is 174 Å². The topological polar surface area (TPSA) is 4.93 Å². The van der Waals surface area contributed by atoms with E-state index in [1.165, 1.54) is 92.2 Å². The summed E-state index contributed by atoms with van der Waals surface area (Å²) in [5, 5.41) is 7.76. The van der Waals surface area contributed by atoms with E-state index < -0.39 is 0 Å². The maximum Gasteiger partial charge on any atom is 0.0547 e. The third-order valence-corrected chi connectivity index (χ3v) is 10.7. The minimum Gasteiger partial charge on any atom is -0.309 e. The Morgan fingerprint density at radius 1 is 0.370 bits per heavy atom. The van der Waals surface area contributed by atoms with E-state index >= 15 is 0 Å².